The Bertz CT molecular complexity index is 1530. The Morgan fingerprint density at radius 3 is 0.753 bits per heavy atom. The maximum Gasteiger partial charge on any atom is 0.306 e. The quantitative estimate of drug-likeness (QED) is 0.0261. The molecular weight excluding hydrogens is 997 g/mol. The van der Waals surface area contributed by atoms with E-state index in [0.29, 0.717) is 19.3 Å². The second-order valence-electron chi connectivity index (χ2n) is 23.4. The van der Waals surface area contributed by atoms with E-state index in [9.17, 15) is 14.4 Å². The minimum atomic E-state index is -0.793. The Morgan fingerprint density at radius 2 is 0.481 bits per heavy atom. The van der Waals surface area contributed by atoms with Gasteiger partial charge in [0.15, 0.2) is 6.10 Å². The molecule has 6 nitrogen and oxygen atoms in total. The van der Waals surface area contributed by atoms with Gasteiger partial charge in [0.05, 0.1) is 0 Å². The zero-order valence-electron chi connectivity index (χ0n) is 53.8. The van der Waals surface area contributed by atoms with Gasteiger partial charge in [0.2, 0.25) is 0 Å². The second-order valence-corrected chi connectivity index (χ2v) is 23.4. The van der Waals surface area contributed by atoms with Crippen LogP contribution in [0.5, 0.6) is 0 Å². The van der Waals surface area contributed by atoms with Gasteiger partial charge in [-0.15, -0.1) is 0 Å². The van der Waals surface area contributed by atoms with Crippen molar-refractivity contribution < 1.29 is 28.6 Å². The number of esters is 3. The Labute approximate surface area is 503 Å². The predicted octanol–water partition coefficient (Wildman–Crippen LogP) is 24.2. The highest BCUT2D eigenvalue weighted by atomic mass is 16.6. The van der Waals surface area contributed by atoms with Crippen LogP contribution in [0.3, 0.4) is 0 Å². The van der Waals surface area contributed by atoms with Crippen molar-refractivity contribution in [3.63, 3.8) is 0 Å². The molecule has 0 heterocycles. The van der Waals surface area contributed by atoms with Crippen LogP contribution >= 0.6 is 0 Å². The van der Waals surface area contributed by atoms with E-state index < -0.39 is 6.10 Å². The van der Waals surface area contributed by atoms with Crippen molar-refractivity contribution in [1.29, 1.82) is 0 Å². The van der Waals surface area contributed by atoms with Gasteiger partial charge in [-0.2, -0.15) is 0 Å². The zero-order chi connectivity index (χ0) is 58.5. The van der Waals surface area contributed by atoms with Crippen LogP contribution in [-0.2, 0) is 28.6 Å². The summed E-state index contributed by atoms with van der Waals surface area (Å²) in [5.74, 6) is -0.904. The Kier molecular flexibility index (Phi) is 66.2. The molecule has 1 unspecified atom stereocenters. The molecule has 0 aliphatic rings. The Hall–Kier alpha value is -3.41. The molecule has 1 atom stereocenters. The largest absolute Gasteiger partial charge is 0.462 e. The number of hydrogen-bond acceptors (Lipinski definition) is 6. The smallest absolute Gasteiger partial charge is 0.306 e. The van der Waals surface area contributed by atoms with Crippen molar-refractivity contribution in [3.8, 4) is 0 Å². The van der Waals surface area contributed by atoms with Gasteiger partial charge >= 0.3 is 17.9 Å². The molecule has 0 saturated heterocycles. The monoisotopic (exact) mass is 1130 g/mol. The van der Waals surface area contributed by atoms with Gasteiger partial charge in [-0.1, -0.05) is 343 Å². The molecule has 0 rings (SSSR count). The molecule has 0 saturated carbocycles. The van der Waals surface area contributed by atoms with E-state index in [4.69, 9.17) is 14.2 Å². The van der Waals surface area contributed by atoms with E-state index in [1.165, 1.54) is 205 Å². The van der Waals surface area contributed by atoms with E-state index in [2.05, 4.69) is 106 Å². The number of carbonyl (C=O) groups excluding carboxylic acids is 3. The molecule has 468 valence electrons. The number of carbonyl (C=O) groups is 3. The molecule has 0 aliphatic carbocycles. The molecule has 0 aromatic carbocycles. The summed E-state index contributed by atoms with van der Waals surface area (Å²) < 4.78 is 16.9. The van der Waals surface area contributed by atoms with E-state index >= 15 is 0 Å². The summed E-state index contributed by atoms with van der Waals surface area (Å²) in [6.45, 7) is 6.53. The molecular formula is C75H132O6. The van der Waals surface area contributed by atoms with Crippen molar-refractivity contribution in [1.82, 2.24) is 0 Å². The van der Waals surface area contributed by atoms with E-state index in [0.717, 1.165) is 109 Å². The van der Waals surface area contributed by atoms with Crippen molar-refractivity contribution >= 4 is 17.9 Å². The Balaban J connectivity index is 4.23. The van der Waals surface area contributed by atoms with E-state index in [1.54, 1.807) is 0 Å². The maximum atomic E-state index is 12.9. The fourth-order valence-electron chi connectivity index (χ4n) is 10.2. The average Bonchev–Trinajstić information content (AvgIpc) is 3.47. The van der Waals surface area contributed by atoms with E-state index in [1.807, 2.05) is 0 Å². The van der Waals surface area contributed by atoms with Crippen LogP contribution in [0.4, 0.5) is 0 Å². The van der Waals surface area contributed by atoms with Gasteiger partial charge in [-0.25, -0.2) is 0 Å². The second kappa shape index (κ2) is 69.1. The highest BCUT2D eigenvalue weighted by Crippen LogP contribution is 2.18. The molecule has 0 N–H and O–H groups in total. The fourth-order valence-corrected chi connectivity index (χ4v) is 10.2. The molecule has 0 fully saturated rings. The molecule has 0 aliphatic heterocycles. The standard InChI is InChI=1S/C75H132O6/c1-4-7-10-13-16-19-22-24-26-28-30-32-34-36-37-38-40-41-43-45-47-49-51-53-56-59-62-65-68-74(77)80-71-72(70-79-73(76)67-64-61-58-55-21-18-15-12-9-6-3)81-75(78)69-66-63-60-57-54-52-50-48-46-44-42-39-35-33-31-29-27-25-23-20-17-14-11-8-5-2/h8,11,17,20,25,27,31,33,39,42,46,48,52,54,72H,4-7,9-10,12-16,18-19,21-24,26,28-30,32,34-38,40-41,43-45,47,49-51,53,55-71H2,1-3H3/b11-8-,20-17-,27-25-,33-31-,42-39-,48-46-,54-52-. The summed E-state index contributed by atoms with van der Waals surface area (Å²) in [5, 5.41) is 0. The summed E-state index contributed by atoms with van der Waals surface area (Å²) in [4.78, 5) is 38.3. The summed E-state index contributed by atoms with van der Waals surface area (Å²) in [5.41, 5.74) is 0. The molecule has 0 amide bonds. The van der Waals surface area contributed by atoms with Crippen LogP contribution in [0.15, 0.2) is 85.1 Å². The highest BCUT2D eigenvalue weighted by molar-refractivity contribution is 5.71. The summed E-state index contributed by atoms with van der Waals surface area (Å²) in [7, 11) is 0. The third-order valence-electron chi connectivity index (χ3n) is 15.4. The first-order chi connectivity index (χ1) is 40.0. The summed E-state index contributed by atoms with van der Waals surface area (Å²) >= 11 is 0. The lowest BCUT2D eigenvalue weighted by Gasteiger charge is -2.18. The SMILES string of the molecule is CC/C=C\C/C=C\C/C=C\C/C=C\C/C=C\C/C=C\C/C=C\CCCCCC(=O)OC(COC(=O)CCCCCCCCCCCC)COC(=O)CCCCCCCCCCCCCCCCCCCCCCCCCCCCCC. The third kappa shape index (κ3) is 67.3. The van der Waals surface area contributed by atoms with Gasteiger partial charge in [-0.05, 0) is 77.0 Å². The van der Waals surface area contributed by atoms with Gasteiger partial charge in [0.25, 0.3) is 0 Å². The van der Waals surface area contributed by atoms with Crippen molar-refractivity contribution in [2.24, 2.45) is 0 Å². The summed E-state index contributed by atoms with van der Waals surface area (Å²) in [6.07, 6.45) is 92.0. The first-order valence-electron chi connectivity index (χ1n) is 35.1. The lowest BCUT2D eigenvalue weighted by atomic mass is 10.0. The van der Waals surface area contributed by atoms with Gasteiger partial charge < -0.3 is 14.2 Å². The van der Waals surface area contributed by atoms with Crippen LogP contribution in [0.1, 0.15) is 355 Å². The lowest BCUT2D eigenvalue weighted by Crippen LogP contribution is -2.30. The molecule has 0 aromatic heterocycles. The van der Waals surface area contributed by atoms with Gasteiger partial charge in [-0.3, -0.25) is 14.4 Å². The normalized spacial score (nSPS) is 12.6. The molecule has 0 radical (unpaired) electrons. The fraction of sp³-hybridized carbons (Fsp3) is 0.773. The highest BCUT2D eigenvalue weighted by Gasteiger charge is 2.19. The number of rotatable bonds is 64. The van der Waals surface area contributed by atoms with Crippen LogP contribution < -0.4 is 0 Å². The molecule has 0 aromatic rings. The minimum absolute atomic E-state index is 0.0861. The van der Waals surface area contributed by atoms with Crippen molar-refractivity contribution in [3.05, 3.63) is 85.1 Å². The van der Waals surface area contributed by atoms with Crippen molar-refractivity contribution in [2.75, 3.05) is 13.2 Å². The minimum Gasteiger partial charge on any atom is -0.462 e. The molecule has 0 bridgehead atoms. The van der Waals surface area contributed by atoms with Gasteiger partial charge in [0.1, 0.15) is 13.2 Å². The van der Waals surface area contributed by atoms with E-state index in [-0.39, 0.29) is 31.1 Å². The van der Waals surface area contributed by atoms with Gasteiger partial charge in [0, 0.05) is 19.3 Å². The van der Waals surface area contributed by atoms with Crippen LogP contribution in [0, 0.1) is 0 Å². The average molecular weight is 1130 g/mol. The Morgan fingerprint density at radius 1 is 0.259 bits per heavy atom. The number of unbranched alkanes of at least 4 members (excludes halogenated alkanes) is 39. The zero-order valence-corrected chi connectivity index (χ0v) is 53.8. The van der Waals surface area contributed by atoms with Crippen LogP contribution in [0.25, 0.3) is 0 Å². The molecule has 6 heteroatoms. The lowest BCUT2D eigenvalue weighted by molar-refractivity contribution is -0.167. The number of hydrogen-bond donors (Lipinski definition) is 0. The molecule has 0 spiro atoms. The topological polar surface area (TPSA) is 78.9 Å². The summed E-state index contributed by atoms with van der Waals surface area (Å²) in [6, 6.07) is 0. The first-order valence-corrected chi connectivity index (χ1v) is 35.1. The number of allylic oxidation sites excluding steroid dienone is 14. The first kappa shape index (κ1) is 77.6. The maximum absolute atomic E-state index is 12.9. The molecule has 81 heavy (non-hydrogen) atoms. The predicted molar refractivity (Wildman–Crippen MR) is 353 cm³/mol. The van der Waals surface area contributed by atoms with Crippen LogP contribution in [0.2, 0.25) is 0 Å². The number of ether oxygens (including phenoxy) is 3. The van der Waals surface area contributed by atoms with Crippen LogP contribution in [-0.4, -0.2) is 37.2 Å². The third-order valence-corrected chi connectivity index (χ3v) is 15.4. The van der Waals surface area contributed by atoms with Crippen molar-refractivity contribution in [2.45, 2.75) is 361 Å².